The maximum absolute atomic E-state index is 12.4. The Kier molecular flexibility index (Phi) is 3.76. The smallest absolute Gasteiger partial charge is 0.274 e. The molecule has 0 aromatic carbocycles. The molecule has 18 heavy (non-hydrogen) atoms. The Hall–Kier alpha value is -1.29. The number of hydrogen-bond acceptors (Lipinski definition) is 3. The van der Waals surface area contributed by atoms with Crippen molar-refractivity contribution in [1.29, 1.82) is 0 Å². The number of hydrogen-bond donors (Lipinski definition) is 1. The molecule has 2 atom stereocenters. The van der Waals surface area contributed by atoms with E-state index in [2.05, 4.69) is 18.8 Å². The summed E-state index contributed by atoms with van der Waals surface area (Å²) in [7, 11) is 0. The van der Waals surface area contributed by atoms with Crippen LogP contribution in [0.5, 0.6) is 0 Å². The number of amides is 1. The number of likely N-dealkylation sites (tertiary alicyclic amines) is 1. The average molecular weight is 268 g/mol. The van der Waals surface area contributed by atoms with Gasteiger partial charge in [-0.15, -0.1) is 0 Å². The molecule has 5 heteroatoms. The highest BCUT2D eigenvalue weighted by atomic mass is 35.5. The molecular formula is C13H18ClN3O. The fourth-order valence-corrected chi connectivity index (χ4v) is 2.64. The van der Waals surface area contributed by atoms with Crippen molar-refractivity contribution in [2.75, 3.05) is 12.3 Å². The Morgan fingerprint density at radius 1 is 1.50 bits per heavy atom. The van der Waals surface area contributed by atoms with Crippen LogP contribution in [0.2, 0.25) is 5.02 Å². The summed E-state index contributed by atoms with van der Waals surface area (Å²) in [5.74, 6) is 0.862. The van der Waals surface area contributed by atoms with Gasteiger partial charge in [-0.1, -0.05) is 18.5 Å². The molecule has 0 radical (unpaired) electrons. The van der Waals surface area contributed by atoms with Crippen molar-refractivity contribution in [1.82, 2.24) is 9.88 Å². The first-order valence-electron chi connectivity index (χ1n) is 6.22. The Bertz CT molecular complexity index is 464. The van der Waals surface area contributed by atoms with E-state index < -0.39 is 0 Å². The molecule has 4 nitrogen and oxygen atoms in total. The number of nitrogens with zero attached hydrogens (tertiary/aromatic N) is 2. The number of pyridine rings is 1. The highest BCUT2D eigenvalue weighted by Gasteiger charge is 2.29. The molecule has 1 saturated heterocycles. The minimum absolute atomic E-state index is 0.119. The van der Waals surface area contributed by atoms with Crippen LogP contribution < -0.4 is 5.73 Å². The summed E-state index contributed by atoms with van der Waals surface area (Å²) in [6, 6.07) is 3.44. The molecule has 2 N–H and O–H groups in total. The zero-order valence-electron chi connectivity index (χ0n) is 10.7. The Balaban J connectivity index is 2.23. The van der Waals surface area contributed by atoms with Gasteiger partial charge in [-0.25, -0.2) is 4.98 Å². The maximum Gasteiger partial charge on any atom is 0.274 e. The molecule has 98 valence electrons. The van der Waals surface area contributed by atoms with Gasteiger partial charge in [0, 0.05) is 12.6 Å². The van der Waals surface area contributed by atoms with E-state index in [1.54, 1.807) is 12.1 Å². The van der Waals surface area contributed by atoms with Crippen molar-refractivity contribution in [2.24, 2.45) is 5.92 Å². The zero-order chi connectivity index (χ0) is 13.3. The average Bonchev–Trinajstić information content (AvgIpc) is 2.31. The largest absolute Gasteiger partial charge is 0.384 e. The van der Waals surface area contributed by atoms with Crippen LogP contribution in [-0.2, 0) is 0 Å². The van der Waals surface area contributed by atoms with Crippen LogP contribution in [0.25, 0.3) is 0 Å². The molecule has 2 heterocycles. The molecule has 0 saturated carbocycles. The van der Waals surface area contributed by atoms with E-state index in [9.17, 15) is 4.79 Å². The third kappa shape index (κ3) is 2.58. The van der Waals surface area contributed by atoms with Gasteiger partial charge in [0.2, 0.25) is 0 Å². The van der Waals surface area contributed by atoms with Gasteiger partial charge >= 0.3 is 0 Å². The molecule has 1 fully saturated rings. The normalized spacial score (nSPS) is 24.1. The summed E-state index contributed by atoms with van der Waals surface area (Å²) in [5.41, 5.74) is 5.87. The standard InChI is InChI=1S/C13H18ClN3O/c1-8-5-6-17(9(2)7-8)13(18)12-10(14)3-4-11(15)16-12/h3-4,8-9H,5-7H2,1-2H3,(H2,15,16). The number of nitrogen functional groups attached to an aromatic ring is 1. The molecule has 0 bridgehead atoms. The summed E-state index contributed by atoms with van der Waals surface area (Å²) in [6.45, 7) is 5.03. The van der Waals surface area contributed by atoms with Gasteiger partial charge in [-0.3, -0.25) is 4.79 Å². The first-order valence-corrected chi connectivity index (χ1v) is 6.60. The predicted molar refractivity (Wildman–Crippen MR) is 72.6 cm³/mol. The fraction of sp³-hybridized carbons (Fsp3) is 0.538. The second-order valence-corrected chi connectivity index (χ2v) is 5.45. The number of carbonyl (C=O) groups is 1. The highest BCUT2D eigenvalue weighted by Crippen LogP contribution is 2.25. The summed E-state index contributed by atoms with van der Waals surface area (Å²) in [4.78, 5) is 18.3. The molecule has 1 aromatic rings. The molecule has 2 rings (SSSR count). The summed E-state index contributed by atoms with van der Waals surface area (Å²) >= 11 is 6.02. The molecule has 1 aliphatic rings. The maximum atomic E-state index is 12.4. The molecule has 2 unspecified atom stereocenters. The first kappa shape index (κ1) is 13.1. The predicted octanol–water partition coefficient (Wildman–Crippen LogP) is 2.58. The van der Waals surface area contributed by atoms with Crippen molar-refractivity contribution < 1.29 is 4.79 Å². The second-order valence-electron chi connectivity index (χ2n) is 5.04. The van der Waals surface area contributed by atoms with Crippen LogP contribution >= 0.6 is 11.6 Å². The van der Waals surface area contributed by atoms with Crippen molar-refractivity contribution in [3.63, 3.8) is 0 Å². The van der Waals surface area contributed by atoms with E-state index in [0.717, 1.165) is 19.4 Å². The highest BCUT2D eigenvalue weighted by molar-refractivity contribution is 6.33. The summed E-state index contributed by atoms with van der Waals surface area (Å²) < 4.78 is 0. The second kappa shape index (κ2) is 5.14. The lowest BCUT2D eigenvalue weighted by Gasteiger charge is -2.36. The third-order valence-corrected chi connectivity index (χ3v) is 3.77. The summed E-state index contributed by atoms with van der Waals surface area (Å²) in [6.07, 6.45) is 2.04. The van der Waals surface area contributed by atoms with Gasteiger partial charge in [-0.05, 0) is 37.8 Å². The van der Waals surface area contributed by atoms with Crippen molar-refractivity contribution in [2.45, 2.75) is 32.7 Å². The number of rotatable bonds is 1. The molecule has 0 aliphatic carbocycles. The lowest BCUT2D eigenvalue weighted by Crippen LogP contribution is -2.44. The molecular weight excluding hydrogens is 250 g/mol. The monoisotopic (exact) mass is 267 g/mol. The van der Waals surface area contributed by atoms with Crippen molar-refractivity contribution >= 4 is 23.3 Å². The van der Waals surface area contributed by atoms with Crippen LogP contribution in [0.15, 0.2) is 12.1 Å². The first-order chi connectivity index (χ1) is 8.49. The van der Waals surface area contributed by atoms with Gasteiger partial charge < -0.3 is 10.6 Å². The Morgan fingerprint density at radius 3 is 2.89 bits per heavy atom. The molecule has 1 aliphatic heterocycles. The van der Waals surface area contributed by atoms with Crippen LogP contribution in [0.1, 0.15) is 37.2 Å². The Labute approximate surface area is 112 Å². The van der Waals surface area contributed by atoms with Crippen LogP contribution in [0, 0.1) is 5.92 Å². The topological polar surface area (TPSA) is 59.2 Å². The van der Waals surface area contributed by atoms with Crippen LogP contribution in [-0.4, -0.2) is 28.4 Å². The molecule has 1 amide bonds. The Morgan fingerprint density at radius 2 is 2.22 bits per heavy atom. The number of carbonyl (C=O) groups excluding carboxylic acids is 1. The van der Waals surface area contributed by atoms with E-state index in [4.69, 9.17) is 17.3 Å². The summed E-state index contributed by atoms with van der Waals surface area (Å²) in [5, 5.41) is 0.361. The van der Waals surface area contributed by atoms with E-state index in [0.29, 0.717) is 16.8 Å². The van der Waals surface area contributed by atoms with Crippen molar-refractivity contribution in [3.05, 3.63) is 22.8 Å². The van der Waals surface area contributed by atoms with E-state index in [1.165, 1.54) is 0 Å². The lowest BCUT2D eigenvalue weighted by atomic mass is 9.93. The molecule has 0 spiro atoms. The number of anilines is 1. The van der Waals surface area contributed by atoms with E-state index >= 15 is 0 Å². The van der Waals surface area contributed by atoms with Gasteiger partial charge in [-0.2, -0.15) is 0 Å². The van der Waals surface area contributed by atoms with E-state index in [-0.39, 0.29) is 17.6 Å². The number of halogens is 1. The van der Waals surface area contributed by atoms with Crippen LogP contribution in [0.3, 0.4) is 0 Å². The zero-order valence-corrected chi connectivity index (χ0v) is 11.4. The van der Waals surface area contributed by atoms with Crippen molar-refractivity contribution in [3.8, 4) is 0 Å². The number of piperidine rings is 1. The van der Waals surface area contributed by atoms with Gasteiger partial charge in [0.1, 0.15) is 11.5 Å². The number of aromatic nitrogens is 1. The van der Waals surface area contributed by atoms with Gasteiger partial charge in [0.25, 0.3) is 5.91 Å². The number of nitrogens with two attached hydrogens (primary N) is 1. The molecule has 1 aromatic heterocycles. The minimum atomic E-state index is -0.119. The van der Waals surface area contributed by atoms with Gasteiger partial charge in [0.05, 0.1) is 5.02 Å². The van der Waals surface area contributed by atoms with Gasteiger partial charge in [0.15, 0.2) is 0 Å². The lowest BCUT2D eigenvalue weighted by molar-refractivity contribution is 0.0583. The fourth-order valence-electron chi connectivity index (χ4n) is 2.45. The third-order valence-electron chi connectivity index (χ3n) is 3.47. The van der Waals surface area contributed by atoms with Crippen LogP contribution in [0.4, 0.5) is 5.82 Å². The quantitative estimate of drug-likeness (QED) is 0.851. The SMILES string of the molecule is CC1CCN(C(=O)c2nc(N)ccc2Cl)C(C)C1. The minimum Gasteiger partial charge on any atom is -0.384 e. The van der Waals surface area contributed by atoms with E-state index in [1.807, 2.05) is 4.90 Å².